The lowest BCUT2D eigenvalue weighted by Crippen LogP contribution is -2.50. The number of unbranched alkanes of at least 4 members (excludes halogenated alkanes) is 4. The predicted octanol–water partition coefficient (Wildman–Crippen LogP) is 3.00. The summed E-state index contributed by atoms with van der Waals surface area (Å²) in [4.78, 5) is 2.45. The van der Waals surface area contributed by atoms with Gasteiger partial charge in [0.05, 0.1) is 0 Å². The van der Waals surface area contributed by atoms with Crippen LogP contribution >= 0.6 is 0 Å². The zero-order valence-electron chi connectivity index (χ0n) is 13.8. The van der Waals surface area contributed by atoms with Crippen LogP contribution in [0.1, 0.15) is 66.2 Å². The summed E-state index contributed by atoms with van der Waals surface area (Å²) in [5, 5.41) is 3.67. The van der Waals surface area contributed by atoms with Gasteiger partial charge in [0, 0.05) is 25.2 Å². The summed E-state index contributed by atoms with van der Waals surface area (Å²) in [6.45, 7) is 14.2. The Hall–Kier alpha value is -0.120. The molecule has 0 heterocycles. The second-order valence-electron chi connectivity index (χ2n) is 5.88. The predicted molar refractivity (Wildman–Crippen MR) is 86.6 cm³/mol. The average molecular weight is 271 g/mol. The molecule has 0 aromatic carbocycles. The molecule has 1 atom stereocenters. The molecule has 0 aromatic heterocycles. The first-order valence-corrected chi connectivity index (χ1v) is 8.29. The Balaban J connectivity index is 3.81. The van der Waals surface area contributed by atoms with Crippen molar-refractivity contribution in [1.82, 2.24) is 10.2 Å². The zero-order chi connectivity index (χ0) is 14.6. The quantitative estimate of drug-likeness (QED) is 0.506. The highest BCUT2D eigenvalue weighted by Gasteiger charge is 2.20. The zero-order valence-corrected chi connectivity index (χ0v) is 13.8. The normalized spacial score (nSPS) is 14.8. The minimum Gasteiger partial charge on any atom is -0.329 e. The van der Waals surface area contributed by atoms with Gasteiger partial charge in [-0.3, -0.25) is 0 Å². The molecular formula is C16H37N3. The van der Waals surface area contributed by atoms with Crippen molar-refractivity contribution >= 4 is 0 Å². The monoisotopic (exact) mass is 271 g/mol. The molecule has 0 fully saturated rings. The number of nitrogens with two attached hydrogens (primary N) is 1. The van der Waals surface area contributed by atoms with E-state index in [0.717, 1.165) is 32.7 Å². The molecular weight excluding hydrogens is 234 g/mol. The van der Waals surface area contributed by atoms with Crippen molar-refractivity contribution in [3.8, 4) is 0 Å². The summed E-state index contributed by atoms with van der Waals surface area (Å²) >= 11 is 0. The van der Waals surface area contributed by atoms with Crippen LogP contribution in [0.3, 0.4) is 0 Å². The number of nitrogens with one attached hydrogen (secondary N) is 1. The third kappa shape index (κ3) is 9.42. The SMILES string of the molecule is CCCCCCCC(C)(CN)NCCN(CC)CC. The fourth-order valence-electron chi connectivity index (χ4n) is 2.44. The lowest BCUT2D eigenvalue weighted by Gasteiger charge is -2.31. The van der Waals surface area contributed by atoms with E-state index in [1.54, 1.807) is 0 Å². The van der Waals surface area contributed by atoms with Gasteiger partial charge in [-0.25, -0.2) is 0 Å². The molecule has 3 nitrogen and oxygen atoms in total. The minimum atomic E-state index is 0.124. The van der Waals surface area contributed by atoms with E-state index in [9.17, 15) is 0 Å². The maximum Gasteiger partial charge on any atom is 0.0276 e. The van der Waals surface area contributed by atoms with Gasteiger partial charge in [-0.05, 0) is 26.4 Å². The molecule has 0 aliphatic carbocycles. The Morgan fingerprint density at radius 3 is 2.16 bits per heavy atom. The van der Waals surface area contributed by atoms with Crippen molar-refractivity contribution in [2.75, 3.05) is 32.7 Å². The van der Waals surface area contributed by atoms with Crippen molar-refractivity contribution in [2.24, 2.45) is 5.73 Å². The van der Waals surface area contributed by atoms with E-state index in [2.05, 4.69) is 37.9 Å². The lowest BCUT2D eigenvalue weighted by atomic mass is 9.94. The summed E-state index contributed by atoms with van der Waals surface area (Å²) in [5.41, 5.74) is 6.08. The molecule has 1 unspecified atom stereocenters. The van der Waals surface area contributed by atoms with Gasteiger partial charge in [-0.15, -0.1) is 0 Å². The fraction of sp³-hybridized carbons (Fsp3) is 1.00. The highest BCUT2D eigenvalue weighted by Crippen LogP contribution is 2.14. The molecule has 0 amide bonds. The summed E-state index contributed by atoms with van der Waals surface area (Å²) in [6, 6.07) is 0. The lowest BCUT2D eigenvalue weighted by molar-refractivity contribution is 0.265. The van der Waals surface area contributed by atoms with Gasteiger partial charge >= 0.3 is 0 Å². The second kappa shape index (κ2) is 11.7. The molecule has 0 saturated heterocycles. The van der Waals surface area contributed by atoms with Crippen molar-refractivity contribution in [3.63, 3.8) is 0 Å². The van der Waals surface area contributed by atoms with Gasteiger partial charge in [0.2, 0.25) is 0 Å². The number of likely N-dealkylation sites (N-methyl/N-ethyl adjacent to an activating group) is 1. The molecule has 0 bridgehead atoms. The van der Waals surface area contributed by atoms with Gasteiger partial charge in [0.25, 0.3) is 0 Å². The van der Waals surface area contributed by atoms with Crippen LogP contribution in [0.5, 0.6) is 0 Å². The molecule has 0 aliphatic rings. The Morgan fingerprint density at radius 2 is 1.63 bits per heavy atom. The Labute approximate surface area is 121 Å². The van der Waals surface area contributed by atoms with E-state index < -0.39 is 0 Å². The van der Waals surface area contributed by atoms with Crippen LogP contribution in [-0.2, 0) is 0 Å². The van der Waals surface area contributed by atoms with E-state index in [0.29, 0.717) is 0 Å². The molecule has 0 aliphatic heterocycles. The third-order valence-corrected chi connectivity index (χ3v) is 4.16. The first-order valence-electron chi connectivity index (χ1n) is 8.29. The molecule has 0 rings (SSSR count). The molecule has 0 saturated carbocycles. The van der Waals surface area contributed by atoms with E-state index in [4.69, 9.17) is 5.73 Å². The molecule has 3 heteroatoms. The first-order chi connectivity index (χ1) is 9.11. The molecule has 19 heavy (non-hydrogen) atoms. The molecule has 3 N–H and O–H groups in total. The van der Waals surface area contributed by atoms with Crippen LogP contribution in [0.15, 0.2) is 0 Å². The maximum absolute atomic E-state index is 5.95. The van der Waals surface area contributed by atoms with Crippen molar-refractivity contribution in [2.45, 2.75) is 71.8 Å². The van der Waals surface area contributed by atoms with Crippen LogP contribution in [0.4, 0.5) is 0 Å². The van der Waals surface area contributed by atoms with Crippen molar-refractivity contribution in [3.05, 3.63) is 0 Å². The van der Waals surface area contributed by atoms with E-state index >= 15 is 0 Å². The summed E-state index contributed by atoms with van der Waals surface area (Å²) in [5.74, 6) is 0. The summed E-state index contributed by atoms with van der Waals surface area (Å²) < 4.78 is 0. The van der Waals surface area contributed by atoms with Crippen molar-refractivity contribution < 1.29 is 0 Å². The van der Waals surface area contributed by atoms with Gasteiger partial charge in [0.1, 0.15) is 0 Å². The first kappa shape index (κ1) is 18.9. The largest absolute Gasteiger partial charge is 0.329 e. The van der Waals surface area contributed by atoms with Crippen LogP contribution in [0.2, 0.25) is 0 Å². The van der Waals surface area contributed by atoms with E-state index in [1.165, 1.54) is 38.5 Å². The van der Waals surface area contributed by atoms with Gasteiger partial charge in [-0.2, -0.15) is 0 Å². The average Bonchev–Trinajstić information content (AvgIpc) is 2.43. The minimum absolute atomic E-state index is 0.124. The van der Waals surface area contributed by atoms with Crippen LogP contribution in [-0.4, -0.2) is 43.2 Å². The topological polar surface area (TPSA) is 41.3 Å². The second-order valence-corrected chi connectivity index (χ2v) is 5.88. The van der Waals surface area contributed by atoms with E-state index in [1.807, 2.05) is 0 Å². The Bertz CT molecular complexity index is 192. The van der Waals surface area contributed by atoms with Crippen LogP contribution in [0, 0.1) is 0 Å². The third-order valence-electron chi connectivity index (χ3n) is 4.16. The highest BCUT2D eigenvalue weighted by molar-refractivity contribution is 4.84. The number of hydrogen-bond donors (Lipinski definition) is 2. The molecule has 0 aromatic rings. The van der Waals surface area contributed by atoms with Crippen molar-refractivity contribution in [1.29, 1.82) is 0 Å². The standard InChI is InChI=1S/C16H37N3/c1-5-8-9-10-11-12-16(4,15-17)18-13-14-19(6-2)7-3/h18H,5-15,17H2,1-4H3. The highest BCUT2D eigenvalue weighted by atomic mass is 15.1. The summed E-state index contributed by atoms with van der Waals surface area (Å²) in [7, 11) is 0. The van der Waals surface area contributed by atoms with Gasteiger partial charge in [0.15, 0.2) is 0 Å². The fourth-order valence-corrected chi connectivity index (χ4v) is 2.44. The van der Waals surface area contributed by atoms with Crippen LogP contribution < -0.4 is 11.1 Å². The summed E-state index contributed by atoms with van der Waals surface area (Å²) in [6.07, 6.45) is 7.90. The number of rotatable bonds is 13. The molecule has 0 spiro atoms. The Kier molecular flexibility index (Phi) is 11.6. The number of hydrogen-bond acceptors (Lipinski definition) is 3. The smallest absolute Gasteiger partial charge is 0.0276 e. The maximum atomic E-state index is 5.95. The van der Waals surface area contributed by atoms with E-state index in [-0.39, 0.29) is 5.54 Å². The van der Waals surface area contributed by atoms with Crippen LogP contribution in [0.25, 0.3) is 0 Å². The Morgan fingerprint density at radius 1 is 1.00 bits per heavy atom. The van der Waals surface area contributed by atoms with Gasteiger partial charge in [-0.1, -0.05) is 52.9 Å². The van der Waals surface area contributed by atoms with Gasteiger partial charge < -0.3 is 16.0 Å². The molecule has 0 radical (unpaired) electrons. The molecule has 116 valence electrons. The number of nitrogens with zero attached hydrogens (tertiary/aromatic N) is 1.